The Kier molecular flexibility index (Phi) is 2.38. The number of nitrogens with two attached hydrogens (primary N) is 1. The van der Waals surface area contributed by atoms with Crippen molar-refractivity contribution in [2.45, 2.75) is 31.9 Å². The lowest BCUT2D eigenvalue weighted by Gasteiger charge is -2.46. The van der Waals surface area contributed by atoms with E-state index < -0.39 is 5.60 Å². The van der Waals surface area contributed by atoms with Gasteiger partial charge in [0.05, 0.1) is 18.8 Å². The van der Waals surface area contributed by atoms with Gasteiger partial charge >= 0.3 is 0 Å². The minimum Gasteiger partial charge on any atom is -0.396 e. The van der Waals surface area contributed by atoms with Crippen LogP contribution in [-0.2, 0) is 6.54 Å². The zero-order valence-corrected chi connectivity index (χ0v) is 10.5. The molecule has 1 aromatic heterocycles. The molecule has 0 atom stereocenters. The van der Waals surface area contributed by atoms with Gasteiger partial charge in [0.1, 0.15) is 5.60 Å². The number of β-amino-alcohol motifs (C(OH)–C–C–N with tert-alkyl or cyclic N) is 1. The Bertz CT molecular complexity index is 486. The lowest BCUT2D eigenvalue weighted by atomic mass is 9.88. The third kappa shape index (κ3) is 1.68. The second-order valence-corrected chi connectivity index (χ2v) is 5.33. The Morgan fingerprint density at radius 2 is 2.28 bits per heavy atom. The average Bonchev–Trinajstić information content (AvgIpc) is 3.08. The zero-order chi connectivity index (χ0) is 12.9. The second kappa shape index (κ2) is 3.71. The molecule has 1 aliphatic carbocycles. The van der Waals surface area contributed by atoms with Crippen LogP contribution in [-0.4, -0.2) is 44.4 Å². The summed E-state index contributed by atoms with van der Waals surface area (Å²) in [6.07, 6.45) is 3.82. The highest BCUT2D eigenvalue weighted by Crippen LogP contribution is 2.44. The maximum absolute atomic E-state index is 12.2. The molecule has 6 heteroatoms. The quantitative estimate of drug-likeness (QED) is 0.795. The number of aryl methyl sites for hydroxylation is 1. The van der Waals surface area contributed by atoms with E-state index in [1.807, 2.05) is 6.92 Å². The number of hydrogen-bond acceptors (Lipinski definition) is 4. The molecule has 0 spiro atoms. The average molecular weight is 250 g/mol. The number of amides is 1. The van der Waals surface area contributed by atoms with Gasteiger partial charge in [0.15, 0.2) is 5.69 Å². The standard InChI is InChI=1S/C12H18N4O2/c1-2-16-5-9(13)10(14-16)11(17)15-6-12(18,7-15)8-3-4-8/h5,8,18H,2-4,6-7,13H2,1H3. The van der Waals surface area contributed by atoms with Crippen molar-refractivity contribution in [3.63, 3.8) is 0 Å². The maximum Gasteiger partial charge on any atom is 0.276 e. The summed E-state index contributed by atoms with van der Waals surface area (Å²) in [5, 5.41) is 14.3. The normalized spacial score (nSPS) is 21.8. The molecule has 0 aromatic carbocycles. The summed E-state index contributed by atoms with van der Waals surface area (Å²) in [6.45, 7) is 3.45. The highest BCUT2D eigenvalue weighted by atomic mass is 16.3. The molecule has 3 rings (SSSR count). The highest BCUT2D eigenvalue weighted by molar-refractivity contribution is 5.97. The number of rotatable bonds is 3. The molecule has 6 nitrogen and oxygen atoms in total. The predicted octanol–water partition coefficient (Wildman–Crippen LogP) is 0.0821. The number of anilines is 1. The van der Waals surface area contributed by atoms with E-state index in [9.17, 15) is 9.90 Å². The lowest BCUT2D eigenvalue weighted by molar-refractivity contribution is -0.0959. The molecule has 0 unspecified atom stereocenters. The van der Waals surface area contributed by atoms with Gasteiger partial charge in [-0.15, -0.1) is 0 Å². The van der Waals surface area contributed by atoms with Crippen LogP contribution in [0.4, 0.5) is 5.69 Å². The maximum atomic E-state index is 12.2. The van der Waals surface area contributed by atoms with E-state index in [1.54, 1.807) is 15.8 Å². The van der Waals surface area contributed by atoms with Crippen LogP contribution in [0.5, 0.6) is 0 Å². The van der Waals surface area contributed by atoms with Gasteiger partial charge in [0.25, 0.3) is 5.91 Å². The van der Waals surface area contributed by atoms with Gasteiger partial charge in [0.2, 0.25) is 0 Å². The van der Waals surface area contributed by atoms with E-state index in [-0.39, 0.29) is 5.91 Å². The number of aliphatic hydroxyl groups is 1. The Hall–Kier alpha value is -1.56. The molecule has 1 saturated carbocycles. The van der Waals surface area contributed by atoms with Gasteiger partial charge < -0.3 is 15.7 Å². The molecule has 1 aromatic rings. The van der Waals surface area contributed by atoms with Crippen LogP contribution >= 0.6 is 0 Å². The number of carbonyl (C=O) groups is 1. The number of aromatic nitrogens is 2. The number of likely N-dealkylation sites (tertiary alicyclic amines) is 1. The minimum absolute atomic E-state index is 0.176. The van der Waals surface area contributed by atoms with Gasteiger partial charge in [-0.1, -0.05) is 0 Å². The first-order valence-corrected chi connectivity index (χ1v) is 6.38. The molecule has 2 heterocycles. The highest BCUT2D eigenvalue weighted by Gasteiger charge is 2.53. The van der Waals surface area contributed by atoms with Crippen molar-refractivity contribution in [1.82, 2.24) is 14.7 Å². The molecule has 1 saturated heterocycles. The van der Waals surface area contributed by atoms with Gasteiger partial charge in [0, 0.05) is 12.7 Å². The Balaban J connectivity index is 1.70. The molecule has 18 heavy (non-hydrogen) atoms. The van der Waals surface area contributed by atoms with Crippen LogP contribution in [0.2, 0.25) is 0 Å². The third-order valence-corrected chi connectivity index (χ3v) is 3.87. The van der Waals surface area contributed by atoms with Crippen LogP contribution in [0.25, 0.3) is 0 Å². The van der Waals surface area contributed by atoms with E-state index >= 15 is 0 Å². The van der Waals surface area contributed by atoms with Crippen molar-refractivity contribution < 1.29 is 9.90 Å². The Morgan fingerprint density at radius 1 is 1.61 bits per heavy atom. The number of nitrogens with zero attached hydrogens (tertiary/aromatic N) is 3. The third-order valence-electron chi connectivity index (χ3n) is 3.87. The van der Waals surface area contributed by atoms with Gasteiger partial charge in [-0.05, 0) is 25.7 Å². The molecular formula is C12H18N4O2. The summed E-state index contributed by atoms with van der Waals surface area (Å²) in [6, 6.07) is 0. The fraction of sp³-hybridized carbons (Fsp3) is 0.667. The molecule has 0 bridgehead atoms. The molecule has 3 N–H and O–H groups in total. The van der Waals surface area contributed by atoms with E-state index in [2.05, 4.69) is 5.10 Å². The van der Waals surface area contributed by atoms with E-state index in [0.717, 1.165) is 12.8 Å². The molecule has 98 valence electrons. The predicted molar refractivity (Wildman–Crippen MR) is 65.9 cm³/mol. The SMILES string of the molecule is CCn1cc(N)c(C(=O)N2CC(O)(C3CC3)C2)n1. The summed E-state index contributed by atoms with van der Waals surface area (Å²) < 4.78 is 1.65. The van der Waals surface area contributed by atoms with E-state index in [1.165, 1.54) is 0 Å². The van der Waals surface area contributed by atoms with Crippen molar-refractivity contribution in [3.05, 3.63) is 11.9 Å². The van der Waals surface area contributed by atoms with Crippen molar-refractivity contribution in [3.8, 4) is 0 Å². The van der Waals surface area contributed by atoms with Crippen molar-refractivity contribution >= 4 is 11.6 Å². The topological polar surface area (TPSA) is 84.4 Å². The van der Waals surface area contributed by atoms with Crippen molar-refractivity contribution in [2.75, 3.05) is 18.8 Å². The monoisotopic (exact) mass is 250 g/mol. The van der Waals surface area contributed by atoms with Crippen LogP contribution < -0.4 is 5.73 Å². The van der Waals surface area contributed by atoms with Crippen LogP contribution in [0, 0.1) is 5.92 Å². The van der Waals surface area contributed by atoms with Crippen LogP contribution in [0.1, 0.15) is 30.3 Å². The largest absolute Gasteiger partial charge is 0.396 e. The first-order valence-electron chi connectivity index (χ1n) is 6.38. The first kappa shape index (κ1) is 11.5. The molecule has 1 amide bonds. The number of carbonyl (C=O) groups excluding carboxylic acids is 1. The van der Waals surface area contributed by atoms with Gasteiger partial charge in [-0.2, -0.15) is 5.10 Å². The number of nitrogen functional groups attached to an aromatic ring is 1. The van der Waals surface area contributed by atoms with E-state index in [4.69, 9.17) is 5.73 Å². The van der Waals surface area contributed by atoms with Crippen molar-refractivity contribution in [1.29, 1.82) is 0 Å². The molecule has 2 aliphatic rings. The van der Waals surface area contributed by atoms with Gasteiger partial charge in [-0.25, -0.2) is 0 Å². The zero-order valence-electron chi connectivity index (χ0n) is 10.5. The first-order chi connectivity index (χ1) is 8.53. The summed E-state index contributed by atoms with van der Waals surface area (Å²) >= 11 is 0. The molecule has 1 aliphatic heterocycles. The molecular weight excluding hydrogens is 232 g/mol. The summed E-state index contributed by atoms with van der Waals surface area (Å²) in [5.74, 6) is 0.206. The summed E-state index contributed by atoms with van der Waals surface area (Å²) in [7, 11) is 0. The summed E-state index contributed by atoms with van der Waals surface area (Å²) in [4.78, 5) is 13.8. The van der Waals surface area contributed by atoms with Crippen molar-refractivity contribution in [2.24, 2.45) is 5.92 Å². The Labute approximate surface area is 105 Å². The molecule has 2 fully saturated rings. The fourth-order valence-corrected chi connectivity index (χ4v) is 2.55. The van der Waals surface area contributed by atoms with Crippen LogP contribution in [0.15, 0.2) is 6.20 Å². The number of hydrogen-bond donors (Lipinski definition) is 2. The second-order valence-electron chi connectivity index (χ2n) is 5.33. The fourth-order valence-electron chi connectivity index (χ4n) is 2.55. The van der Waals surface area contributed by atoms with Gasteiger partial charge in [-0.3, -0.25) is 9.48 Å². The lowest BCUT2D eigenvalue weighted by Crippen LogP contribution is -2.64. The minimum atomic E-state index is -0.655. The summed E-state index contributed by atoms with van der Waals surface area (Å²) in [5.41, 5.74) is 5.83. The van der Waals surface area contributed by atoms with E-state index in [0.29, 0.717) is 36.9 Å². The smallest absolute Gasteiger partial charge is 0.276 e. The molecule has 0 radical (unpaired) electrons. The Morgan fingerprint density at radius 3 is 2.78 bits per heavy atom. The van der Waals surface area contributed by atoms with Crippen LogP contribution in [0.3, 0.4) is 0 Å².